The molecule has 5 heteroatoms. The van der Waals surface area contributed by atoms with Gasteiger partial charge in [0.15, 0.2) is 9.84 Å². The number of sulfone groups is 1. The van der Waals surface area contributed by atoms with Gasteiger partial charge in [-0.25, -0.2) is 8.42 Å². The van der Waals surface area contributed by atoms with E-state index in [-0.39, 0.29) is 10.6 Å². The van der Waals surface area contributed by atoms with E-state index in [0.29, 0.717) is 5.69 Å². The lowest BCUT2D eigenvalue weighted by Crippen LogP contribution is -2.05. The third-order valence-electron chi connectivity index (χ3n) is 3.12. The van der Waals surface area contributed by atoms with E-state index in [1.807, 2.05) is 26.0 Å². The summed E-state index contributed by atoms with van der Waals surface area (Å²) in [4.78, 5) is 0.146. The Bertz CT molecular complexity index is 752. The van der Waals surface area contributed by atoms with Gasteiger partial charge in [-0.3, -0.25) is 0 Å². The molecule has 0 radical (unpaired) electrons. The highest BCUT2D eigenvalue weighted by molar-refractivity contribution is 7.90. The van der Waals surface area contributed by atoms with Gasteiger partial charge >= 0.3 is 0 Å². The summed E-state index contributed by atoms with van der Waals surface area (Å²) >= 11 is 0. The molecule has 2 aromatic carbocycles. The molecular weight excluding hydrogens is 272 g/mol. The van der Waals surface area contributed by atoms with Crippen LogP contribution in [0.5, 0.6) is 0 Å². The maximum atomic E-state index is 11.7. The predicted molar refractivity (Wildman–Crippen MR) is 83.2 cm³/mol. The van der Waals surface area contributed by atoms with Crippen molar-refractivity contribution in [2.45, 2.75) is 18.7 Å². The average Bonchev–Trinajstić information content (AvgIpc) is 2.33. The van der Waals surface area contributed by atoms with Crippen molar-refractivity contribution in [2.24, 2.45) is 0 Å². The average molecular weight is 290 g/mol. The molecule has 0 saturated carbocycles. The van der Waals surface area contributed by atoms with E-state index >= 15 is 0 Å². The van der Waals surface area contributed by atoms with Crippen molar-refractivity contribution in [1.82, 2.24) is 0 Å². The van der Waals surface area contributed by atoms with Gasteiger partial charge in [0.25, 0.3) is 0 Å². The third kappa shape index (κ3) is 2.93. The zero-order valence-corrected chi connectivity index (χ0v) is 12.6. The van der Waals surface area contributed by atoms with Crippen molar-refractivity contribution in [3.8, 4) is 0 Å². The highest BCUT2D eigenvalue weighted by Gasteiger charge is 2.14. The zero-order valence-electron chi connectivity index (χ0n) is 11.8. The molecule has 2 aromatic rings. The lowest BCUT2D eigenvalue weighted by molar-refractivity contribution is 0.602. The molecule has 0 aliphatic heterocycles. The minimum absolute atomic E-state index is 0.146. The van der Waals surface area contributed by atoms with Crippen LogP contribution in [0.4, 0.5) is 17.1 Å². The molecule has 0 atom stereocenters. The normalized spacial score (nSPS) is 11.3. The van der Waals surface area contributed by atoms with Crippen molar-refractivity contribution in [3.63, 3.8) is 0 Å². The molecule has 3 N–H and O–H groups in total. The summed E-state index contributed by atoms with van der Waals surface area (Å²) in [7, 11) is -3.33. The van der Waals surface area contributed by atoms with Gasteiger partial charge in [0.2, 0.25) is 0 Å². The number of nitrogens with two attached hydrogens (primary N) is 1. The van der Waals surface area contributed by atoms with Gasteiger partial charge in [-0.05, 0) is 37.6 Å². The van der Waals surface area contributed by atoms with E-state index in [4.69, 9.17) is 5.73 Å². The number of anilines is 3. The Morgan fingerprint density at radius 1 is 1.05 bits per heavy atom. The highest BCUT2D eigenvalue weighted by Crippen LogP contribution is 2.30. The summed E-state index contributed by atoms with van der Waals surface area (Å²) in [5.41, 5.74) is 9.96. The van der Waals surface area contributed by atoms with Crippen molar-refractivity contribution >= 4 is 26.9 Å². The van der Waals surface area contributed by atoms with E-state index in [1.54, 1.807) is 12.1 Å². The van der Waals surface area contributed by atoms with E-state index in [0.717, 1.165) is 17.5 Å². The Balaban J connectivity index is 2.45. The van der Waals surface area contributed by atoms with Gasteiger partial charge in [-0.1, -0.05) is 23.8 Å². The van der Waals surface area contributed by atoms with Crippen molar-refractivity contribution < 1.29 is 8.42 Å². The highest BCUT2D eigenvalue weighted by atomic mass is 32.2. The van der Waals surface area contributed by atoms with Crippen LogP contribution in [0.1, 0.15) is 11.1 Å². The molecule has 0 aromatic heterocycles. The van der Waals surface area contributed by atoms with Crippen LogP contribution < -0.4 is 11.1 Å². The molecule has 0 aliphatic rings. The number of rotatable bonds is 3. The van der Waals surface area contributed by atoms with Crippen LogP contribution >= 0.6 is 0 Å². The predicted octanol–water partition coefficient (Wildman–Crippen LogP) is 3.03. The Morgan fingerprint density at radius 3 is 2.35 bits per heavy atom. The van der Waals surface area contributed by atoms with E-state index in [1.165, 1.54) is 11.6 Å². The van der Waals surface area contributed by atoms with E-state index in [9.17, 15) is 8.42 Å². The maximum absolute atomic E-state index is 11.7. The molecule has 4 nitrogen and oxygen atoms in total. The number of hydrogen-bond acceptors (Lipinski definition) is 4. The number of benzene rings is 2. The van der Waals surface area contributed by atoms with Crippen molar-refractivity contribution in [2.75, 3.05) is 17.3 Å². The number of para-hydroxylation sites is 1. The molecule has 0 aliphatic carbocycles. The second-order valence-corrected chi connectivity index (χ2v) is 6.92. The molecule has 0 unspecified atom stereocenters. The van der Waals surface area contributed by atoms with Crippen LogP contribution in [-0.4, -0.2) is 14.7 Å². The molecular formula is C15H18N2O2S. The first-order chi connectivity index (χ1) is 9.29. The smallest absolute Gasteiger partial charge is 0.177 e. The Morgan fingerprint density at radius 2 is 1.75 bits per heavy atom. The molecule has 0 saturated heterocycles. The Labute approximate surface area is 119 Å². The fraction of sp³-hybridized carbons (Fsp3) is 0.200. The minimum atomic E-state index is -3.33. The summed E-state index contributed by atoms with van der Waals surface area (Å²) in [6, 6.07) is 11.0. The number of hydrogen-bond donors (Lipinski definition) is 2. The van der Waals surface area contributed by atoms with E-state index in [2.05, 4.69) is 11.4 Å². The largest absolute Gasteiger partial charge is 0.396 e. The number of nitrogen functional groups attached to an aromatic ring is 1. The summed E-state index contributed by atoms with van der Waals surface area (Å²) in [5, 5.41) is 3.19. The van der Waals surface area contributed by atoms with Crippen molar-refractivity contribution in [1.29, 1.82) is 0 Å². The quantitative estimate of drug-likeness (QED) is 0.852. The Hall–Kier alpha value is -2.01. The van der Waals surface area contributed by atoms with Crippen LogP contribution in [0.3, 0.4) is 0 Å². The van der Waals surface area contributed by atoms with Crippen LogP contribution in [-0.2, 0) is 9.84 Å². The van der Waals surface area contributed by atoms with E-state index < -0.39 is 9.84 Å². The van der Waals surface area contributed by atoms with Gasteiger partial charge in [0.1, 0.15) is 0 Å². The topological polar surface area (TPSA) is 72.2 Å². The summed E-state index contributed by atoms with van der Waals surface area (Å²) in [6.07, 6.45) is 1.15. The first-order valence-electron chi connectivity index (χ1n) is 6.22. The second-order valence-electron chi connectivity index (χ2n) is 4.93. The molecule has 0 amide bonds. The standard InChI is InChI=1S/C15H18N2O2S/c1-10-7-8-12(11(2)9-10)17-13-5-4-6-14(15(13)16)20(3,18)19/h4-9,17H,16H2,1-3H3. The fourth-order valence-electron chi connectivity index (χ4n) is 2.08. The summed E-state index contributed by atoms with van der Waals surface area (Å²) in [5.74, 6) is 0. The lowest BCUT2D eigenvalue weighted by Gasteiger charge is -2.14. The fourth-order valence-corrected chi connectivity index (χ4v) is 2.91. The van der Waals surface area contributed by atoms with Gasteiger partial charge in [0, 0.05) is 11.9 Å². The van der Waals surface area contributed by atoms with Crippen molar-refractivity contribution in [3.05, 3.63) is 47.5 Å². The molecule has 20 heavy (non-hydrogen) atoms. The van der Waals surface area contributed by atoms with Crippen LogP contribution in [0, 0.1) is 13.8 Å². The first-order valence-corrected chi connectivity index (χ1v) is 8.11. The molecule has 0 fully saturated rings. The SMILES string of the molecule is Cc1ccc(Nc2cccc(S(C)(=O)=O)c2N)c(C)c1. The van der Waals surface area contributed by atoms with Crippen LogP contribution in [0.2, 0.25) is 0 Å². The van der Waals surface area contributed by atoms with Crippen LogP contribution in [0.25, 0.3) is 0 Å². The first kappa shape index (κ1) is 14.4. The van der Waals surface area contributed by atoms with Gasteiger partial charge in [0.05, 0.1) is 16.3 Å². The van der Waals surface area contributed by atoms with Gasteiger partial charge < -0.3 is 11.1 Å². The number of nitrogens with one attached hydrogen (secondary N) is 1. The lowest BCUT2D eigenvalue weighted by atomic mass is 10.1. The monoisotopic (exact) mass is 290 g/mol. The Kier molecular flexibility index (Phi) is 3.72. The molecule has 2 rings (SSSR count). The molecule has 106 valence electrons. The summed E-state index contributed by atoms with van der Waals surface area (Å²) < 4.78 is 23.3. The van der Waals surface area contributed by atoms with Crippen LogP contribution in [0.15, 0.2) is 41.3 Å². The molecule has 0 heterocycles. The minimum Gasteiger partial charge on any atom is -0.396 e. The second kappa shape index (κ2) is 5.17. The maximum Gasteiger partial charge on any atom is 0.177 e. The molecule has 0 spiro atoms. The summed E-state index contributed by atoms with van der Waals surface area (Å²) in [6.45, 7) is 4.02. The van der Waals surface area contributed by atoms with Gasteiger partial charge in [-0.2, -0.15) is 0 Å². The third-order valence-corrected chi connectivity index (χ3v) is 4.27. The molecule has 0 bridgehead atoms. The van der Waals surface area contributed by atoms with Gasteiger partial charge in [-0.15, -0.1) is 0 Å². The number of aryl methyl sites for hydroxylation is 2. The zero-order chi connectivity index (χ0) is 14.9.